The molecule has 0 saturated carbocycles. The molecule has 3 N–H and O–H groups in total. The summed E-state index contributed by atoms with van der Waals surface area (Å²) in [5.74, 6) is 0.498. The fourth-order valence-electron chi connectivity index (χ4n) is 0.684. The van der Waals surface area contributed by atoms with Gasteiger partial charge in [-0.15, -0.1) is 0 Å². The van der Waals surface area contributed by atoms with Gasteiger partial charge in [0.15, 0.2) is 0 Å². The summed E-state index contributed by atoms with van der Waals surface area (Å²) >= 11 is 0. The number of nitrogens with one attached hydrogen (secondary N) is 1. The minimum absolute atomic E-state index is 0.498. The molecule has 0 saturated heterocycles. The van der Waals surface area contributed by atoms with Gasteiger partial charge in [0.05, 0.1) is 0 Å². The molecule has 0 aliphatic carbocycles. The van der Waals surface area contributed by atoms with Gasteiger partial charge in [0, 0.05) is 0 Å². The molecule has 1 rings (SSSR count). The third-order valence-electron chi connectivity index (χ3n) is 1.30. The second kappa shape index (κ2) is 3.72. The smallest absolute Gasteiger partial charge is 0.387 e. The summed E-state index contributed by atoms with van der Waals surface area (Å²) in [6.07, 6.45) is 0. The van der Waals surface area contributed by atoms with Crippen LogP contribution in [0.15, 0.2) is 30.3 Å². The Kier molecular flexibility index (Phi) is 2.87. The predicted octanol–water partition coefficient (Wildman–Crippen LogP) is 1.35. The molecule has 0 fully saturated rings. The van der Waals surface area contributed by atoms with E-state index in [0.717, 1.165) is 0 Å². The zero-order chi connectivity index (χ0) is 9.03. The standard InChI is InChI=1S/C7H11N2O2P/c1-9-12(8,10)11-7-5-3-2-4-6-7/h2-6H,1H3,(H3,8,9,10). The van der Waals surface area contributed by atoms with Crippen LogP contribution in [0.2, 0.25) is 0 Å². The minimum Gasteiger partial charge on any atom is -0.422 e. The van der Waals surface area contributed by atoms with Crippen molar-refractivity contribution in [2.75, 3.05) is 7.05 Å². The van der Waals surface area contributed by atoms with Crippen molar-refractivity contribution >= 4 is 7.67 Å². The van der Waals surface area contributed by atoms with Crippen LogP contribution >= 0.6 is 7.67 Å². The number of nitrogens with two attached hydrogens (primary N) is 1. The first kappa shape index (κ1) is 9.26. The number of benzene rings is 1. The van der Waals surface area contributed by atoms with Crippen LogP contribution < -0.4 is 15.1 Å². The third-order valence-corrected chi connectivity index (χ3v) is 2.40. The highest BCUT2D eigenvalue weighted by Gasteiger charge is 2.13. The Morgan fingerprint density at radius 1 is 1.42 bits per heavy atom. The van der Waals surface area contributed by atoms with E-state index in [4.69, 9.17) is 10.0 Å². The molecule has 0 bridgehead atoms. The Morgan fingerprint density at radius 3 is 2.50 bits per heavy atom. The Hall–Kier alpha value is -0.830. The van der Waals surface area contributed by atoms with Crippen LogP contribution in [0.4, 0.5) is 0 Å². The second-order valence-corrected chi connectivity index (χ2v) is 4.05. The number of rotatable bonds is 3. The fraction of sp³-hybridized carbons (Fsp3) is 0.143. The van der Waals surface area contributed by atoms with Gasteiger partial charge in [0.25, 0.3) is 0 Å². The van der Waals surface area contributed by atoms with Gasteiger partial charge in [-0.2, -0.15) is 0 Å². The average Bonchev–Trinajstić information content (AvgIpc) is 2.06. The third kappa shape index (κ3) is 2.66. The molecule has 66 valence electrons. The summed E-state index contributed by atoms with van der Waals surface area (Å²) in [5, 5.41) is 2.40. The number of hydrogen-bond acceptors (Lipinski definition) is 2. The molecule has 0 aliphatic heterocycles. The van der Waals surface area contributed by atoms with Crippen LogP contribution in [-0.2, 0) is 4.57 Å². The highest BCUT2D eigenvalue weighted by molar-refractivity contribution is 7.54. The van der Waals surface area contributed by atoms with Crippen molar-refractivity contribution in [3.63, 3.8) is 0 Å². The van der Waals surface area contributed by atoms with Crippen molar-refractivity contribution < 1.29 is 9.09 Å². The molecule has 1 aromatic rings. The molecular formula is C7H11N2O2P. The first-order valence-corrected chi connectivity index (χ1v) is 5.16. The summed E-state index contributed by atoms with van der Waals surface area (Å²) in [6, 6.07) is 8.79. The van der Waals surface area contributed by atoms with Gasteiger partial charge < -0.3 is 4.52 Å². The van der Waals surface area contributed by atoms with Gasteiger partial charge >= 0.3 is 7.67 Å². The van der Waals surface area contributed by atoms with E-state index >= 15 is 0 Å². The molecule has 0 heterocycles. The maximum Gasteiger partial charge on any atom is 0.387 e. The molecule has 1 aromatic carbocycles. The summed E-state index contributed by atoms with van der Waals surface area (Å²) < 4.78 is 16.2. The van der Waals surface area contributed by atoms with Gasteiger partial charge in [0.2, 0.25) is 0 Å². The number of hydrogen-bond donors (Lipinski definition) is 2. The predicted molar refractivity (Wildman–Crippen MR) is 47.9 cm³/mol. The second-order valence-electron chi connectivity index (χ2n) is 2.22. The van der Waals surface area contributed by atoms with E-state index in [1.54, 1.807) is 24.3 Å². The highest BCUT2D eigenvalue weighted by atomic mass is 31.2. The molecule has 0 amide bonds. The average molecular weight is 186 g/mol. The lowest BCUT2D eigenvalue weighted by Crippen LogP contribution is -2.15. The number of para-hydroxylation sites is 1. The lowest BCUT2D eigenvalue weighted by molar-refractivity contribution is 0.473. The van der Waals surface area contributed by atoms with Crippen LogP contribution in [-0.4, -0.2) is 7.05 Å². The quantitative estimate of drug-likeness (QED) is 0.699. The van der Waals surface area contributed by atoms with Crippen molar-refractivity contribution in [3.8, 4) is 5.75 Å². The van der Waals surface area contributed by atoms with Crippen LogP contribution in [0.3, 0.4) is 0 Å². The zero-order valence-electron chi connectivity index (χ0n) is 6.73. The van der Waals surface area contributed by atoms with Crippen LogP contribution in [0.25, 0.3) is 0 Å². The molecule has 1 atom stereocenters. The van der Waals surface area contributed by atoms with Crippen LogP contribution in [0, 0.1) is 0 Å². The Labute approximate surface area is 71.3 Å². The lowest BCUT2D eigenvalue weighted by Gasteiger charge is -2.12. The minimum atomic E-state index is -3.15. The van der Waals surface area contributed by atoms with Crippen LogP contribution in [0.5, 0.6) is 5.75 Å². The van der Waals surface area contributed by atoms with E-state index in [2.05, 4.69) is 5.09 Å². The molecule has 0 aliphatic rings. The van der Waals surface area contributed by atoms with Crippen molar-refractivity contribution in [2.45, 2.75) is 0 Å². The maximum absolute atomic E-state index is 11.2. The molecule has 0 radical (unpaired) electrons. The van der Waals surface area contributed by atoms with Crippen molar-refractivity contribution in [3.05, 3.63) is 30.3 Å². The van der Waals surface area contributed by atoms with Crippen molar-refractivity contribution in [1.29, 1.82) is 0 Å². The first-order chi connectivity index (χ1) is 5.64. The van der Waals surface area contributed by atoms with Crippen molar-refractivity contribution in [2.24, 2.45) is 5.50 Å². The Balaban J connectivity index is 2.71. The molecule has 12 heavy (non-hydrogen) atoms. The Bertz CT molecular complexity index is 289. The van der Waals surface area contributed by atoms with Gasteiger partial charge in [-0.3, -0.25) is 0 Å². The molecule has 0 spiro atoms. The van der Waals surface area contributed by atoms with E-state index in [9.17, 15) is 4.57 Å². The topological polar surface area (TPSA) is 64.3 Å². The zero-order valence-corrected chi connectivity index (χ0v) is 7.62. The van der Waals surface area contributed by atoms with Gasteiger partial charge in [-0.05, 0) is 19.2 Å². The molecule has 5 heteroatoms. The molecular weight excluding hydrogens is 175 g/mol. The largest absolute Gasteiger partial charge is 0.422 e. The summed E-state index contributed by atoms with van der Waals surface area (Å²) in [7, 11) is -1.66. The van der Waals surface area contributed by atoms with E-state index in [1.165, 1.54) is 7.05 Å². The van der Waals surface area contributed by atoms with Gasteiger partial charge in [-0.25, -0.2) is 15.2 Å². The fourth-order valence-corrected chi connectivity index (χ4v) is 1.21. The van der Waals surface area contributed by atoms with E-state index in [0.29, 0.717) is 5.75 Å². The highest BCUT2D eigenvalue weighted by Crippen LogP contribution is 2.32. The SMILES string of the molecule is CNP(N)(=O)Oc1ccccc1. The first-order valence-electron chi connectivity index (χ1n) is 3.46. The van der Waals surface area contributed by atoms with Gasteiger partial charge in [-0.1, -0.05) is 18.2 Å². The summed E-state index contributed by atoms with van der Waals surface area (Å²) in [6.45, 7) is 0. The molecule has 1 unspecified atom stereocenters. The molecule has 4 nitrogen and oxygen atoms in total. The Morgan fingerprint density at radius 2 is 2.00 bits per heavy atom. The summed E-state index contributed by atoms with van der Waals surface area (Å²) in [4.78, 5) is 0. The van der Waals surface area contributed by atoms with E-state index in [1.807, 2.05) is 6.07 Å². The monoisotopic (exact) mass is 186 g/mol. The van der Waals surface area contributed by atoms with Gasteiger partial charge in [0.1, 0.15) is 5.75 Å². The van der Waals surface area contributed by atoms with E-state index < -0.39 is 7.67 Å². The normalized spacial score (nSPS) is 15.2. The maximum atomic E-state index is 11.2. The van der Waals surface area contributed by atoms with Crippen molar-refractivity contribution in [1.82, 2.24) is 5.09 Å². The van der Waals surface area contributed by atoms with Crippen LogP contribution in [0.1, 0.15) is 0 Å². The van der Waals surface area contributed by atoms with E-state index in [-0.39, 0.29) is 0 Å². The summed E-state index contributed by atoms with van der Waals surface area (Å²) in [5.41, 5.74) is 5.27. The molecule has 0 aromatic heterocycles. The lowest BCUT2D eigenvalue weighted by atomic mass is 10.3.